The van der Waals surface area contributed by atoms with Crippen LogP contribution in [-0.2, 0) is 14.3 Å². The molecule has 1 fully saturated rings. The van der Waals surface area contributed by atoms with Gasteiger partial charge in [0.2, 0.25) is 0 Å². The minimum Gasteiger partial charge on any atom is -0.480 e. The molecular formula is C26H23ClN2O4. The van der Waals surface area contributed by atoms with Crippen molar-refractivity contribution in [2.75, 3.05) is 7.11 Å². The molecule has 1 amide bonds. The first-order valence-corrected chi connectivity index (χ1v) is 11.0. The second-order valence-corrected chi connectivity index (χ2v) is 8.56. The van der Waals surface area contributed by atoms with Crippen LogP contribution in [0.4, 0.5) is 0 Å². The number of nitrogens with zero attached hydrogens (tertiary/aromatic N) is 2. The Bertz CT molecular complexity index is 1180. The second kappa shape index (κ2) is 9.22. The third-order valence-corrected chi connectivity index (χ3v) is 6.74. The van der Waals surface area contributed by atoms with Crippen molar-refractivity contribution in [3.05, 3.63) is 88.5 Å². The maximum Gasteiger partial charge on any atom is 0.326 e. The summed E-state index contributed by atoms with van der Waals surface area (Å²) in [6.07, 6.45) is 4.13. The van der Waals surface area contributed by atoms with Gasteiger partial charge in [-0.25, -0.2) is 4.79 Å². The molecule has 3 atom stereocenters. The number of ether oxygens (including phenoxy) is 1. The SMILES string of the molecule is COC1(C(=O)N2[C@@H](c3ccccc3Cl)CC[C@H]2C(=O)O)C=CC(c2ccccc2)=C(C#N)C1. The molecule has 0 radical (unpaired) electrons. The van der Waals surface area contributed by atoms with E-state index < -0.39 is 29.6 Å². The zero-order valence-corrected chi connectivity index (χ0v) is 18.8. The summed E-state index contributed by atoms with van der Waals surface area (Å²) in [6.45, 7) is 0. The van der Waals surface area contributed by atoms with Crippen molar-refractivity contribution in [1.82, 2.24) is 4.90 Å². The van der Waals surface area contributed by atoms with Crippen LogP contribution in [0.2, 0.25) is 5.02 Å². The minimum absolute atomic E-state index is 0.0115. The molecule has 2 aromatic rings. The normalized spacial score (nSPS) is 24.6. The van der Waals surface area contributed by atoms with Gasteiger partial charge >= 0.3 is 5.97 Å². The number of methoxy groups -OCH3 is 1. The van der Waals surface area contributed by atoms with Crippen LogP contribution in [0.15, 0.2) is 72.3 Å². The van der Waals surface area contributed by atoms with Crippen LogP contribution in [0.25, 0.3) is 5.57 Å². The Morgan fingerprint density at radius 2 is 1.85 bits per heavy atom. The Morgan fingerprint density at radius 1 is 1.15 bits per heavy atom. The van der Waals surface area contributed by atoms with Crippen molar-refractivity contribution in [3.8, 4) is 6.07 Å². The van der Waals surface area contributed by atoms with Gasteiger partial charge in [0.25, 0.3) is 5.91 Å². The van der Waals surface area contributed by atoms with Gasteiger partial charge in [-0.3, -0.25) is 4.79 Å². The lowest BCUT2D eigenvalue weighted by atomic mass is 9.82. The van der Waals surface area contributed by atoms with E-state index in [-0.39, 0.29) is 6.42 Å². The first-order valence-electron chi connectivity index (χ1n) is 10.6. The van der Waals surface area contributed by atoms with E-state index in [0.717, 1.165) is 11.1 Å². The number of amides is 1. The zero-order valence-electron chi connectivity index (χ0n) is 18.1. The number of allylic oxidation sites excluding steroid dienone is 2. The van der Waals surface area contributed by atoms with Crippen LogP contribution >= 0.6 is 11.6 Å². The number of nitriles is 1. The predicted molar refractivity (Wildman–Crippen MR) is 124 cm³/mol. The van der Waals surface area contributed by atoms with Gasteiger partial charge in [-0.05, 0) is 41.7 Å². The van der Waals surface area contributed by atoms with Crippen molar-refractivity contribution in [2.24, 2.45) is 0 Å². The predicted octanol–water partition coefficient (Wildman–Crippen LogP) is 4.78. The fourth-order valence-corrected chi connectivity index (χ4v) is 4.97. The number of halogens is 1. The van der Waals surface area contributed by atoms with Crippen LogP contribution in [-0.4, -0.2) is 40.6 Å². The van der Waals surface area contributed by atoms with Gasteiger partial charge in [0.1, 0.15) is 6.04 Å². The lowest BCUT2D eigenvalue weighted by Gasteiger charge is -2.38. The Hall–Kier alpha value is -3.40. The lowest BCUT2D eigenvalue weighted by Crippen LogP contribution is -2.54. The van der Waals surface area contributed by atoms with E-state index in [2.05, 4.69) is 6.07 Å². The Morgan fingerprint density at radius 3 is 2.48 bits per heavy atom. The average molecular weight is 463 g/mol. The highest BCUT2D eigenvalue weighted by molar-refractivity contribution is 6.31. The number of carboxylic acids is 1. The summed E-state index contributed by atoms with van der Waals surface area (Å²) in [6, 6.07) is 17.3. The maximum atomic E-state index is 14.0. The number of carboxylic acid groups (broad SMARTS) is 1. The van der Waals surface area contributed by atoms with Crippen molar-refractivity contribution < 1.29 is 19.4 Å². The zero-order chi connectivity index (χ0) is 23.6. The summed E-state index contributed by atoms with van der Waals surface area (Å²) >= 11 is 6.41. The molecule has 0 aromatic heterocycles. The number of benzene rings is 2. The van der Waals surface area contributed by atoms with E-state index in [1.165, 1.54) is 12.0 Å². The Balaban J connectivity index is 1.75. The van der Waals surface area contributed by atoms with Gasteiger partial charge in [0, 0.05) is 24.1 Å². The molecule has 168 valence electrons. The van der Waals surface area contributed by atoms with E-state index >= 15 is 0 Å². The van der Waals surface area contributed by atoms with Crippen LogP contribution in [0, 0.1) is 11.3 Å². The molecule has 1 heterocycles. The van der Waals surface area contributed by atoms with E-state index in [1.54, 1.807) is 24.3 Å². The molecule has 1 aliphatic heterocycles. The van der Waals surface area contributed by atoms with Crippen molar-refractivity contribution in [3.63, 3.8) is 0 Å². The number of hydrogen-bond acceptors (Lipinski definition) is 4. The Labute approximate surface area is 197 Å². The summed E-state index contributed by atoms with van der Waals surface area (Å²) in [4.78, 5) is 27.4. The van der Waals surface area contributed by atoms with Gasteiger partial charge < -0.3 is 14.7 Å². The summed E-state index contributed by atoms with van der Waals surface area (Å²) in [7, 11) is 1.40. The van der Waals surface area contributed by atoms with Crippen molar-refractivity contribution in [2.45, 2.75) is 36.9 Å². The molecule has 1 aliphatic carbocycles. The van der Waals surface area contributed by atoms with E-state index in [9.17, 15) is 20.0 Å². The van der Waals surface area contributed by atoms with Crippen molar-refractivity contribution >= 4 is 29.1 Å². The first-order chi connectivity index (χ1) is 15.9. The number of aliphatic carboxylic acids is 1. The largest absolute Gasteiger partial charge is 0.480 e. The average Bonchev–Trinajstić information content (AvgIpc) is 3.29. The van der Waals surface area contributed by atoms with E-state index in [4.69, 9.17) is 16.3 Å². The number of carbonyl (C=O) groups is 2. The van der Waals surface area contributed by atoms with E-state index in [0.29, 0.717) is 29.0 Å². The summed E-state index contributed by atoms with van der Waals surface area (Å²) in [5, 5.41) is 20.2. The molecule has 4 rings (SSSR count). The summed E-state index contributed by atoms with van der Waals surface area (Å²) < 4.78 is 5.72. The fourth-order valence-electron chi connectivity index (χ4n) is 4.70. The third kappa shape index (κ3) is 4.06. The Kier molecular flexibility index (Phi) is 6.37. The molecule has 7 heteroatoms. The van der Waals surface area contributed by atoms with Crippen LogP contribution in [0.3, 0.4) is 0 Å². The molecule has 0 saturated carbocycles. The third-order valence-electron chi connectivity index (χ3n) is 6.40. The van der Waals surface area contributed by atoms with E-state index in [1.807, 2.05) is 42.5 Å². The van der Waals surface area contributed by atoms with Gasteiger partial charge in [0.15, 0.2) is 5.60 Å². The molecular weight excluding hydrogens is 440 g/mol. The quantitative estimate of drug-likeness (QED) is 0.690. The number of likely N-dealkylation sites (tertiary alicyclic amines) is 1. The topological polar surface area (TPSA) is 90.6 Å². The van der Waals surface area contributed by atoms with Gasteiger partial charge in [-0.15, -0.1) is 0 Å². The fraction of sp³-hybridized carbons (Fsp3) is 0.269. The highest BCUT2D eigenvalue weighted by Gasteiger charge is 2.50. The lowest BCUT2D eigenvalue weighted by molar-refractivity contribution is -0.159. The highest BCUT2D eigenvalue weighted by Crippen LogP contribution is 2.43. The number of carbonyl (C=O) groups excluding carboxylic acids is 1. The standard InChI is InChI=1S/C26H23ClN2O4/c1-33-26(14-13-19(18(15-26)16-28)17-7-3-2-4-8-17)25(32)29-22(11-12-23(29)24(30)31)20-9-5-6-10-21(20)27/h2-10,13-14,22-23H,11-12,15H2,1H3,(H,30,31)/t22-,23+,26?/m1/s1. The summed E-state index contributed by atoms with van der Waals surface area (Å²) in [5.74, 6) is -1.57. The molecule has 0 spiro atoms. The van der Waals surface area contributed by atoms with Gasteiger partial charge in [-0.2, -0.15) is 5.26 Å². The number of rotatable bonds is 5. The molecule has 6 nitrogen and oxygen atoms in total. The number of hydrogen-bond donors (Lipinski definition) is 1. The van der Waals surface area contributed by atoms with Crippen LogP contribution < -0.4 is 0 Å². The summed E-state index contributed by atoms with van der Waals surface area (Å²) in [5.41, 5.74) is 1.20. The van der Waals surface area contributed by atoms with Gasteiger partial charge in [0.05, 0.1) is 12.1 Å². The molecule has 0 bridgehead atoms. The highest BCUT2D eigenvalue weighted by atomic mass is 35.5. The van der Waals surface area contributed by atoms with Gasteiger partial charge in [-0.1, -0.05) is 66.2 Å². The van der Waals surface area contributed by atoms with Crippen LogP contribution in [0.5, 0.6) is 0 Å². The molecule has 2 aromatic carbocycles. The molecule has 1 saturated heterocycles. The second-order valence-electron chi connectivity index (χ2n) is 8.15. The first kappa shape index (κ1) is 22.8. The smallest absolute Gasteiger partial charge is 0.326 e. The molecule has 1 N–H and O–H groups in total. The molecule has 2 aliphatic rings. The maximum absolute atomic E-state index is 14.0. The molecule has 33 heavy (non-hydrogen) atoms. The minimum atomic E-state index is -1.49. The van der Waals surface area contributed by atoms with Crippen molar-refractivity contribution in [1.29, 1.82) is 5.26 Å². The monoisotopic (exact) mass is 462 g/mol. The van der Waals surface area contributed by atoms with Crippen LogP contribution in [0.1, 0.15) is 36.4 Å². The molecule has 1 unspecified atom stereocenters.